The normalized spacial score (nSPS) is 24.5. The standard InChI is InChI=1S/C19H16Cl2N2O3S2/c20-13-7-4-8-14(18(13)21)23-15-10-28(25,26)11-16(15)27-19(23)22-17(24)9-12-5-2-1-3-6-12/h1-8,15-16H,9-11H2/t15-,16+/m0/s1. The van der Waals surface area contributed by atoms with Gasteiger partial charge in [-0.05, 0) is 17.7 Å². The van der Waals surface area contributed by atoms with Crippen molar-refractivity contribution in [1.82, 2.24) is 0 Å². The first-order valence-corrected chi connectivity index (χ1v) is 12.1. The van der Waals surface area contributed by atoms with Gasteiger partial charge >= 0.3 is 0 Å². The van der Waals surface area contributed by atoms with E-state index in [1.807, 2.05) is 30.3 Å². The molecule has 2 heterocycles. The van der Waals surface area contributed by atoms with E-state index in [4.69, 9.17) is 23.2 Å². The average Bonchev–Trinajstić information content (AvgIpc) is 3.09. The van der Waals surface area contributed by atoms with Crippen LogP contribution in [0.15, 0.2) is 53.5 Å². The van der Waals surface area contributed by atoms with Crippen molar-refractivity contribution in [2.45, 2.75) is 17.7 Å². The lowest BCUT2D eigenvalue weighted by molar-refractivity contribution is -0.117. The molecule has 28 heavy (non-hydrogen) atoms. The number of carbonyl (C=O) groups excluding carboxylic acids is 1. The van der Waals surface area contributed by atoms with Crippen molar-refractivity contribution >= 4 is 61.6 Å². The molecule has 2 fully saturated rings. The van der Waals surface area contributed by atoms with Crippen LogP contribution in [0, 0.1) is 0 Å². The summed E-state index contributed by atoms with van der Waals surface area (Å²) in [7, 11) is -3.15. The second kappa shape index (κ2) is 7.71. The number of amidine groups is 1. The van der Waals surface area contributed by atoms with Crippen LogP contribution in [-0.4, -0.2) is 42.3 Å². The molecule has 2 aliphatic rings. The summed E-state index contributed by atoms with van der Waals surface area (Å²) in [6.45, 7) is 0. The van der Waals surface area contributed by atoms with Crippen LogP contribution < -0.4 is 4.90 Å². The summed E-state index contributed by atoms with van der Waals surface area (Å²) in [6.07, 6.45) is 0.176. The largest absolute Gasteiger partial charge is 0.314 e. The van der Waals surface area contributed by atoms with Gasteiger partial charge in [0.15, 0.2) is 15.0 Å². The second-order valence-electron chi connectivity index (χ2n) is 6.69. The molecule has 0 N–H and O–H groups in total. The van der Waals surface area contributed by atoms with Crippen molar-refractivity contribution in [2.75, 3.05) is 16.4 Å². The first kappa shape index (κ1) is 19.8. The van der Waals surface area contributed by atoms with Crippen molar-refractivity contribution in [2.24, 2.45) is 4.99 Å². The quantitative estimate of drug-likeness (QED) is 0.704. The summed E-state index contributed by atoms with van der Waals surface area (Å²) in [5, 5.41) is 0.958. The van der Waals surface area contributed by atoms with Gasteiger partial charge in [0.1, 0.15) is 0 Å². The fourth-order valence-corrected chi connectivity index (χ4v) is 7.75. The summed E-state index contributed by atoms with van der Waals surface area (Å²) in [5.41, 5.74) is 1.44. The third kappa shape index (κ3) is 3.94. The topological polar surface area (TPSA) is 66.8 Å². The molecule has 0 radical (unpaired) electrons. The minimum absolute atomic E-state index is 0.000591. The summed E-state index contributed by atoms with van der Waals surface area (Å²) in [4.78, 5) is 18.6. The molecule has 0 spiro atoms. The van der Waals surface area contributed by atoms with E-state index in [0.717, 1.165) is 5.56 Å². The number of carbonyl (C=O) groups is 1. The number of sulfone groups is 1. The lowest BCUT2D eigenvalue weighted by Gasteiger charge is -2.25. The van der Waals surface area contributed by atoms with Crippen molar-refractivity contribution < 1.29 is 13.2 Å². The molecule has 9 heteroatoms. The molecule has 5 nitrogen and oxygen atoms in total. The van der Waals surface area contributed by atoms with Crippen LogP contribution in [0.25, 0.3) is 0 Å². The molecule has 0 aromatic heterocycles. The third-order valence-corrected chi connectivity index (χ3v) is 8.69. The van der Waals surface area contributed by atoms with Crippen LogP contribution in [0.3, 0.4) is 0 Å². The zero-order valence-corrected chi connectivity index (χ0v) is 17.7. The van der Waals surface area contributed by atoms with Gasteiger partial charge < -0.3 is 4.90 Å². The predicted octanol–water partition coefficient (Wildman–Crippen LogP) is 3.84. The lowest BCUT2D eigenvalue weighted by atomic mass is 10.1. The molecule has 1 amide bonds. The molecule has 4 rings (SSSR count). The molecule has 2 saturated heterocycles. The zero-order chi connectivity index (χ0) is 19.9. The Hall–Kier alpha value is -1.54. The zero-order valence-electron chi connectivity index (χ0n) is 14.6. The Morgan fingerprint density at radius 3 is 2.61 bits per heavy atom. The molecule has 0 saturated carbocycles. The van der Waals surface area contributed by atoms with Gasteiger partial charge in [-0.3, -0.25) is 4.79 Å². The Kier molecular flexibility index (Phi) is 5.44. The summed E-state index contributed by atoms with van der Waals surface area (Å²) < 4.78 is 24.3. The number of amides is 1. The lowest BCUT2D eigenvalue weighted by Crippen LogP contribution is -2.38. The average molecular weight is 455 g/mol. The Balaban J connectivity index is 1.69. The molecule has 0 bridgehead atoms. The minimum Gasteiger partial charge on any atom is -0.314 e. The minimum atomic E-state index is -3.15. The van der Waals surface area contributed by atoms with E-state index in [-0.39, 0.29) is 35.1 Å². The number of anilines is 1. The first-order valence-electron chi connectivity index (χ1n) is 8.60. The smallest absolute Gasteiger partial charge is 0.252 e. The fourth-order valence-electron chi connectivity index (χ4n) is 3.44. The maximum Gasteiger partial charge on any atom is 0.252 e. The van der Waals surface area contributed by atoms with Gasteiger partial charge in [-0.1, -0.05) is 71.4 Å². The van der Waals surface area contributed by atoms with Crippen LogP contribution in [0.4, 0.5) is 5.69 Å². The van der Waals surface area contributed by atoms with E-state index in [1.165, 1.54) is 11.8 Å². The van der Waals surface area contributed by atoms with Gasteiger partial charge in [0.25, 0.3) is 5.91 Å². The van der Waals surface area contributed by atoms with Crippen molar-refractivity contribution in [3.63, 3.8) is 0 Å². The number of fused-ring (bicyclic) bond motifs is 1. The van der Waals surface area contributed by atoms with Crippen molar-refractivity contribution in [3.05, 3.63) is 64.1 Å². The van der Waals surface area contributed by atoms with Crippen LogP contribution in [-0.2, 0) is 21.1 Å². The van der Waals surface area contributed by atoms with Crippen LogP contribution in [0.1, 0.15) is 5.56 Å². The van der Waals surface area contributed by atoms with E-state index in [1.54, 1.807) is 23.1 Å². The SMILES string of the molecule is O=C(Cc1ccccc1)N=C1S[C@@H]2CS(=O)(=O)C[C@@H]2N1c1cccc(Cl)c1Cl. The molecular formula is C19H16Cl2N2O3S2. The number of nitrogens with zero attached hydrogens (tertiary/aromatic N) is 2. The maximum absolute atomic E-state index is 12.5. The molecule has 0 unspecified atom stereocenters. The van der Waals surface area contributed by atoms with E-state index in [9.17, 15) is 13.2 Å². The molecule has 2 atom stereocenters. The Labute approximate surface area is 177 Å². The number of halogens is 2. The highest BCUT2D eigenvalue weighted by Crippen LogP contribution is 2.44. The molecule has 2 aromatic rings. The fraction of sp³-hybridized carbons (Fsp3) is 0.263. The molecule has 2 aromatic carbocycles. The Bertz CT molecular complexity index is 1060. The van der Waals surface area contributed by atoms with Gasteiger partial charge in [-0.25, -0.2) is 8.42 Å². The highest BCUT2D eigenvalue weighted by molar-refractivity contribution is 8.16. The van der Waals surface area contributed by atoms with E-state index < -0.39 is 9.84 Å². The Morgan fingerprint density at radius 1 is 1.11 bits per heavy atom. The highest BCUT2D eigenvalue weighted by atomic mass is 35.5. The third-order valence-electron chi connectivity index (χ3n) is 4.68. The van der Waals surface area contributed by atoms with Crippen molar-refractivity contribution in [3.8, 4) is 0 Å². The number of aliphatic imine (C=N–C) groups is 1. The Morgan fingerprint density at radius 2 is 1.86 bits per heavy atom. The molecule has 0 aliphatic carbocycles. The van der Waals surface area contributed by atoms with E-state index in [2.05, 4.69) is 4.99 Å². The monoisotopic (exact) mass is 454 g/mol. The molecular weight excluding hydrogens is 439 g/mol. The summed E-state index contributed by atoms with van der Waals surface area (Å²) >= 11 is 13.9. The predicted molar refractivity (Wildman–Crippen MR) is 115 cm³/mol. The van der Waals surface area contributed by atoms with Crippen LogP contribution in [0.5, 0.6) is 0 Å². The van der Waals surface area contributed by atoms with E-state index in [0.29, 0.717) is 20.9 Å². The number of benzene rings is 2. The first-order chi connectivity index (χ1) is 13.3. The molecule has 2 aliphatic heterocycles. The van der Waals surface area contributed by atoms with Gasteiger partial charge in [0.05, 0.1) is 39.7 Å². The van der Waals surface area contributed by atoms with Crippen molar-refractivity contribution in [1.29, 1.82) is 0 Å². The summed E-state index contributed by atoms with van der Waals surface area (Å²) in [5.74, 6) is -0.234. The number of thioether (sulfide) groups is 1. The van der Waals surface area contributed by atoms with E-state index >= 15 is 0 Å². The number of rotatable bonds is 3. The highest BCUT2D eigenvalue weighted by Gasteiger charge is 2.49. The van der Waals surface area contributed by atoms with Crippen LogP contribution in [0.2, 0.25) is 10.0 Å². The van der Waals surface area contributed by atoms with Gasteiger partial charge in [-0.2, -0.15) is 4.99 Å². The van der Waals surface area contributed by atoms with Gasteiger partial charge in [0.2, 0.25) is 0 Å². The second-order valence-corrected chi connectivity index (χ2v) is 10.8. The molecule has 146 valence electrons. The number of hydrogen-bond acceptors (Lipinski definition) is 4. The number of hydrogen-bond donors (Lipinski definition) is 0. The maximum atomic E-state index is 12.5. The summed E-state index contributed by atoms with van der Waals surface area (Å²) in [6, 6.07) is 14.2. The van der Waals surface area contributed by atoms with Gasteiger partial charge in [-0.15, -0.1) is 0 Å². The van der Waals surface area contributed by atoms with Gasteiger partial charge in [0, 0.05) is 5.25 Å². The van der Waals surface area contributed by atoms with Crippen LogP contribution >= 0.6 is 35.0 Å².